The first-order chi connectivity index (χ1) is 13.1. The Morgan fingerprint density at radius 3 is 2.71 bits per heavy atom. The molecule has 0 spiro atoms. The fourth-order valence-electron chi connectivity index (χ4n) is 4.37. The fourth-order valence-corrected chi connectivity index (χ4v) is 4.78. The van der Waals surface area contributed by atoms with Crippen molar-refractivity contribution in [3.63, 3.8) is 0 Å². The predicted molar refractivity (Wildman–Crippen MR) is 104 cm³/mol. The van der Waals surface area contributed by atoms with Crippen LogP contribution in [0.15, 0.2) is 16.1 Å². The summed E-state index contributed by atoms with van der Waals surface area (Å²) in [5.41, 5.74) is -0.285. The lowest BCUT2D eigenvalue weighted by Gasteiger charge is -2.32. The Labute approximate surface area is 165 Å². The van der Waals surface area contributed by atoms with Crippen molar-refractivity contribution in [2.75, 3.05) is 6.26 Å². The van der Waals surface area contributed by atoms with Crippen molar-refractivity contribution in [2.45, 2.75) is 57.7 Å². The van der Waals surface area contributed by atoms with E-state index in [0.29, 0.717) is 29.4 Å². The molecular weight excluding hydrogens is 382 g/mol. The second-order valence-electron chi connectivity index (χ2n) is 7.71. The summed E-state index contributed by atoms with van der Waals surface area (Å²) in [5, 5.41) is 10.0. The summed E-state index contributed by atoms with van der Waals surface area (Å²) in [5.74, 6) is -1.30. The molecule has 0 amide bonds. The SMILES string of the molecule is CC(=O)c1c(C)c2cnc([S+](C)[O-])nc2n([C@H]2CCC[C@@]2(C)CC(=O)O)c1=O. The number of aryl methyl sites for hydroxylation is 1. The molecule has 0 saturated heterocycles. The van der Waals surface area contributed by atoms with Crippen molar-refractivity contribution in [1.29, 1.82) is 0 Å². The quantitative estimate of drug-likeness (QED) is 0.459. The minimum atomic E-state index is -1.45. The molecule has 2 aromatic rings. The van der Waals surface area contributed by atoms with Crippen molar-refractivity contribution >= 4 is 34.0 Å². The van der Waals surface area contributed by atoms with Crippen molar-refractivity contribution in [2.24, 2.45) is 5.41 Å². The van der Waals surface area contributed by atoms with Gasteiger partial charge in [0.2, 0.25) is 0 Å². The highest BCUT2D eigenvalue weighted by Crippen LogP contribution is 2.49. The summed E-state index contributed by atoms with van der Waals surface area (Å²) < 4.78 is 13.4. The van der Waals surface area contributed by atoms with Crippen molar-refractivity contribution in [1.82, 2.24) is 14.5 Å². The van der Waals surface area contributed by atoms with Gasteiger partial charge in [-0.15, -0.1) is 0 Å². The number of nitrogens with zero attached hydrogens (tertiary/aromatic N) is 3. The van der Waals surface area contributed by atoms with Crippen LogP contribution in [0.2, 0.25) is 0 Å². The van der Waals surface area contributed by atoms with E-state index in [1.807, 2.05) is 6.92 Å². The van der Waals surface area contributed by atoms with Crippen LogP contribution in [-0.4, -0.2) is 42.2 Å². The summed E-state index contributed by atoms with van der Waals surface area (Å²) in [4.78, 5) is 45.5. The Balaban J connectivity index is 2.39. The number of ketones is 1. The highest BCUT2D eigenvalue weighted by molar-refractivity contribution is 7.90. The van der Waals surface area contributed by atoms with Gasteiger partial charge in [0.25, 0.3) is 5.56 Å². The van der Waals surface area contributed by atoms with Gasteiger partial charge >= 0.3 is 11.1 Å². The molecule has 1 N–H and O–H groups in total. The van der Waals surface area contributed by atoms with Crippen LogP contribution in [0.25, 0.3) is 11.0 Å². The molecule has 0 aromatic carbocycles. The first-order valence-electron chi connectivity index (χ1n) is 9.05. The Kier molecular flexibility index (Phi) is 5.33. The summed E-state index contributed by atoms with van der Waals surface area (Å²) in [7, 11) is 0. The number of aromatic nitrogens is 3. The van der Waals surface area contributed by atoms with Gasteiger partial charge < -0.3 is 9.66 Å². The van der Waals surface area contributed by atoms with Crippen molar-refractivity contribution in [3.05, 3.63) is 27.7 Å². The molecule has 2 heterocycles. The number of fused-ring (bicyclic) bond motifs is 1. The molecule has 3 rings (SSSR count). The van der Waals surface area contributed by atoms with Gasteiger partial charge in [0.15, 0.2) is 11.4 Å². The molecule has 1 fully saturated rings. The van der Waals surface area contributed by atoms with E-state index in [1.54, 1.807) is 6.92 Å². The molecule has 1 aliphatic carbocycles. The number of carboxylic acids is 1. The zero-order valence-electron chi connectivity index (χ0n) is 16.3. The third-order valence-corrected chi connectivity index (χ3v) is 6.40. The maximum atomic E-state index is 13.3. The van der Waals surface area contributed by atoms with Crippen LogP contribution < -0.4 is 5.56 Å². The Bertz CT molecular complexity index is 1030. The van der Waals surface area contributed by atoms with Gasteiger partial charge in [-0.3, -0.25) is 19.0 Å². The number of pyridine rings is 1. The number of hydrogen-bond donors (Lipinski definition) is 1. The third-order valence-electron chi connectivity index (χ3n) is 5.69. The van der Waals surface area contributed by atoms with E-state index in [0.717, 1.165) is 6.42 Å². The van der Waals surface area contributed by atoms with E-state index in [9.17, 15) is 24.0 Å². The second kappa shape index (κ2) is 7.29. The molecule has 0 aliphatic heterocycles. The Morgan fingerprint density at radius 2 is 2.14 bits per heavy atom. The Morgan fingerprint density at radius 1 is 1.46 bits per heavy atom. The first-order valence-corrected chi connectivity index (χ1v) is 10.6. The fraction of sp³-hybridized carbons (Fsp3) is 0.526. The summed E-state index contributed by atoms with van der Waals surface area (Å²) >= 11 is -1.45. The number of aliphatic carboxylic acids is 1. The lowest BCUT2D eigenvalue weighted by molar-refractivity contribution is -0.140. The number of rotatable bonds is 5. The molecule has 150 valence electrons. The van der Waals surface area contributed by atoms with E-state index in [2.05, 4.69) is 9.97 Å². The number of Topliss-reactive ketones (excluding diaryl/α,β-unsaturated/α-hetero) is 1. The van der Waals surface area contributed by atoms with Crippen LogP contribution in [0.1, 0.15) is 61.5 Å². The number of carboxylic acid groups (broad SMARTS) is 1. The maximum absolute atomic E-state index is 13.3. The minimum absolute atomic E-state index is 0.0612. The molecule has 0 radical (unpaired) electrons. The number of carbonyl (C=O) groups is 2. The van der Waals surface area contributed by atoms with Crippen molar-refractivity contribution < 1.29 is 19.2 Å². The number of carbonyl (C=O) groups excluding carboxylic acids is 1. The summed E-state index contributed by atoms with van der Waals surface area (Å²) in [6.07, 6.45) is 4.87. The smallest absolute Gasteiger partial charge is 0.344 e. The van der Waals surface area contributed by atoms with E-state index in [4.69, 9.17) is 0 Å². The van der Waals surface area contributed by atoms with Crippen LogP contribution in [0.5, 0.6) is 0 Å². The van der Waals surface area contributed by atoms with E-state index >= 15 is 0 Å². The number of hydrogen-bond acceptors (Lipinski definition) is 6. The highest BCUT2D eigenvalue weighted by atomic mass is 32.2. The topological polar surface area (TPSA) is 125 Å². The van der Waals surface area contributed by atoms with Gasteiger partial charge in [-0.25, -0.2) is 0 Å². The highest BCUT2D eigenvalue weighted by Gasteiger charge is 2.43. The molecule has 3 atom stereocenters. The van der Waals surface area contributed by atoms with Crippen LogP contribution in [0.4, 0.5) is 0 Å². The summed E-state index contributed by atoms with van der Waals surface area (Å²) in [6, 6.07) is -0.426. The maximum Gasteiger partial charge on any atom is 0.344 e. The van der Waals surface area contributed by atoms with E-state index in [-0.39, 0.29) is 22.9 Å². The van der Waals surface area contributed by atoms with E-state index in [1.165, 1.54) is 23.9 Å². The molecule has 2 aromatic heterocycles. The molecule has 1 saturated carbocycles. The summed E-state index contributed by atoms with van der Waals surface area (Å²) in [6.45, 7) is 4.85. The molecule has 0 bridgehead atoms. The molecule has 8 nitrogen and oxygen atoms in total. The monoisotopic (exact) mass is 405 g/mol. The molecule has 28 heavy (non-hydrogen) atoms. The van der Waals surface area contributed by atoms with Gasteiger partial charge in [-0.2, -0.15) is 9.97 Å². The van der Waals surface area contributed by atoms with Gasteiger partial charge in [-0.05, 0) is 37.7 Å². The molecule has 1 aliphatic rings. The third kappa shape index (κ3) is 3.33. The van der Waals surface area contributed by atoms with E-state index < -0.39 is 34.2 Å². The molecule has 1 unspecified atom stereocenters. The standard InChI is InChI=1S/C19H23N3O5S/c1-10-12-9-20-18(28(4)27)21-16(12)22(17(26)15(10)11(2)23)13-6-5-7-19(13,3)8-14(24)25/h9,13H,5-8H2,1-4H3,(H,24,25)/t13-,19-,28?/m0/s1. The minimum Gasteiger partial charge on any atom is -0.609 e. The van der Waals surface area contributed by atoms with Crippen LogP contribution in [0.3, 0.4) is 0 Å². The largest absolute Gasteiger partial charge is 0.609 e. The Hall–Kier alpha value is -2.26. The van der Waals surface area contributed by atoms with Gasteiger partial charge in [0.05, 0.1) is 12.0 Å². The molecular formula is C19H23N3O5S. The average Bonchev–Trinajstić information content (AvgIpc) is 2.94. The first kappa shape index (κ1) is 20.5. The lowest BCUT2D eigenvalue weighted by Crippen LogP contribution is -2.37. The average molecular weight is 405 g/mol. The van der Waals surface area contributed by atoms with Gasteiger partial charge in [0.1, 0.15) is 6.26 Å². The molecule has 9 heteroatoms. The normalized spacial score (nSPS) is 23.1. The van der Waals surface area contributed by atoms with Crippen LogP contribution in [-0.2, 0) is 16.0 Å². The van der Waals surface area contributed by atoms with Crippen molar-refractivity contribution in [3.8, 4) is 0 Å². The second-order valence-corrected chi connectivity index (χ2v) is 8.98. The van der Waals surface area contributed by atoms with Crippen LogP contribution in [0, 0.1) is 12.3 Å². The predicted octanol–water partition coefficient (Wildman–Crippen LogP) is 2.25. The van der Waals surface area contributed by atoms with Crippen LogP contribution >= 0.6 is 0 Å². The van der Waals surface area contributed by atoms with Gasteiger partial charge in [0, 0.05) is 28.8 Å². The zero-order valence-corrected chi connectivity index (χ0v) is 17.1. The lowest BCUT2D eigenvalue weighted by atomic mass is 9.81. The van der Waals surface area contributed by atoms with Gasteiger partial charge in [-0.1, -0.05) is 13.3 Å². The zero-order chi connectivity index (χ0) is 20.8.